The summed E-state index contributed by atoms with van der Waals surface area (Å²) in [5.41, 5.74) is 5.49. The molecule has 2 rings (SSSR count). The molecular formula is C10H14N2O4S. The molecule has 7 heteroatoms. The van der Waals surface area contributed by atoms with Crippen molar-refractivity contribution in [3.8, 4) is 5.75 Å². The number of phenolic OH excluding ortho intramolecular Hbond substituents is 1. The number of aromatic hydroxyl groups is 1. The zero-order valence-corrected chi connectivity index (χ0v) is 9.89. The van der Waals surface area contributed by atoms with Gasteiger partial charge in [-0.3, -0.25) is 0 Å². The lowest BCUT2D eigenvalue weighted by molar-refractivity contribution is 0.117. The summed E-state index contributed by atoms with van der Waals surface area (Å²) in [4.78, 5) is 0.0594. The van der Waals surface area contributed by atoms with Gasteiger partial charge in [-0.1, -0.05) is 0 Å². The Morgan fingerprint density at radius 3 is 2.59 bits per heavy atom. The number of aliphatic hydroxyl groups excluding tert-OH is 1. The van der Waals surface area contributed by atoms with Crippen LogP contribution >= 0.6 is 0 Å². The fourth-order valence-corrected chi connectivity index (χ4v) is 3.30. The van der Waals surface area contributed by atoms with Crippen molar-refractivity contribution in [3.05, 3.63) is 18.2 Å². The first kappa shape index (κ1) is 12.2. The largest absolute Gasteiger partial charge is 0.506 e. The Hall–Kier alpha value is -1.31. The van der Waals surface area contributed by atoms with Crippen LogP contribution < -0.4 is 5.73 Å². The van der Waals surface area contributed by atoms with Gasteiger partial charge in [0.15, 0.2) is 0 Å². The Morgan fingerprint density at radius 2 is 2.06 bits per heavy atom. The van der Waals surface area contributed by atoms with Crippen molar-refractivity contribution in [2.75, 3.05) is 25.4 Å². The maximum absolute atomic E-state index is 12.0. The number of benzene rings is 1. The standard InChI is InChI=1S/C10H14N2O4S/c11-9-3-8(1-2-10(9)14)17(15,16)12-4-7(5-12)6-13/h1-3,7,13-14H,4-6,11H2. The number of aliphatic hydroxyl groups is 1. The molecule has 1 aromatic rings. The number of sulfonamides is 1. The van der Waals surface area contributed by atoms with E-state index >= 15 is 0 Å². The maximum atomic E-state index is 12.0. The summed E-state index contributed by atoms with van der Waals surface area (Å²) in [5.74, 6) is -0.125. The topological polar surface area (TPSA) is 104 Å². The second-order valence-electron chi connectivity index (χ2n) is 4.09. The molecule has 0 saturated carbocycles. The van der Waals surface area contributed by atoms with Gasteiger partial charge in [-0.05, 0) is 18.2 Å². The van der Waals surface area contributed by atoms with Gasteiger partial charge in [-0.2, -0.15) is 4.31 Å². The number of nitrogen functional groups attached to an aromatic ring is 1. The first-order valence-electron chi connectivity index (χ1n) is 5.14. The fraction of sp³-hybridized carbons (Fsp3) is 0.400. The van der Waals surface area contributed by atoms with E-state index in [9.17, 15) is 13.5 Å². The lowest BCUT2D eigenvalue weighted by atomic mass is 10.1. The highest BCUT2D eigenvalue weighted by Crippen LogP contribution is 2.28. The third kappa shape index (κ3) is 2.08. The molecule has 1 fully saturated rings. The summed E-state index contributed by atoms with van der Waals surface area (Å²) < 4.78 is 25.4. The molecule has 0 amide bonds. The van der Waals surface area contributed by atoms with Crippen LogP contribution in [0.1, 0.15) is 0 Å². The highest BCUT2D eigenvalue weighted by molar-refractivity contribution is 7.89. The van der Waals surface area contributed by atoms with Crippen LogP contribution in [0.3, 0.4) is 0 Å². The molecule has 1 aromatic carbocycles. The summed E-state index contributed by atoms with van der Waals surface area (Å²) in [7, 11) is -3.55. The molecule has 0 bridgehead atoms. The van der Waals surface area contributed by atoms with Crippen LogP contribution in [0.4, 0.5) is 5.69 Å². The Bertz CT molecular complexity index is 523. The molecule has 0 atom stereocenters. The molecule has 0 aliphatic carbocycles. The lowest BCUT2D eigenvalue weighted by Gasteiger charge is -2.36. The van der Waals surface area contributed by atoms with Crippen molar-refractivity contribution in [1.82, 2.24) is 4.31 Å². The fourth-order valence-electron chi connectivity index (χ4n) is 1.68. The van der Waals surface area contributed by atoms with E-state index in [1.165, 1.54) is 22.5 Å². The predicted molar refractivity (Wildman–Crippen MR) is 61.9 cm³/mol. The SMILES string of the molecule is Nc1cc(S(=O)(=O)N2CC(CO)C2)ccc1O. The number of nitrogens with two attached hydrogens (primary N) is 1. The highest BCUT2D eigenvalue weighted by Gasteiger charge is 2.36. The molecule has 0 unspecified atom stereocenters. The molecule has 4 N–H and O–H groups in total. The lowest BCUT2D eigenvalue weighted by Crippen LogP contribution is -2.51. The van der Waals surface area contributed by atoms with E-state index in [4.69, 9.17) is 10.8 Å². The average Bonchev–Trinajstić information content (AvgIpc) is 2.20. The minimum atomic E-state index is -3.55. The summed E-state index contributed by atoms with van der Waals surface area (Å²) in [6, 6.07) is 3.80. The van der Waals surface area contributed by atoms with Crippen LogP contribution in [-0.4, -0.2) is 42.6 Å². The van der Waals surface area contributed by atoms with Gasteiger partial charge in [0.2, 0.25) is 10.0 Å². The minimum Gasteiger partial charge on any atom is -0.506 e. The smallest absolute Gasteiger partial charge is 0.243 e. The number of hydrogen-bond donors (Lipinski definition) is 3. The van der Waals surface area contributed by atoms with Crippen LogP contribution in [0.25, 0.3) is 0 Å². The zero-order valence-electron chi connectivity index (χ0n) is 9.07. The molecular weight excluding hydrogens is 244 g/mol. The molecule has 6 nitrogen and oxygen atoms in total. The molecule has 17 heavy (non-hydrogen) atoms. The van der Waals surface area contributed by atoms with Crippen LogP contribution in [0, 0.1) is 5.92 Å². The molecule has 1 saturated heterocycles. The number of anilines is 1. The molecule has 1 heterocycles. The normalized spacial score (nSPS) is 17.9. The zero-order chi connectivity index (χ0) is 12.6. The minimum absolute atomic E-state index is 0.0102. The molecule has 94 valence electrons. The van der Waals surface area contributed by atoms with Crippen molar-refractivity contribution in [2.45, 2.75) is 4.90 Å². The van der Waals surface area contributed by atoms with Gasteiger partial charge in [0, 0.05) is 25.6 Å². The molecule has 0 spiro atoms. The summed E-state index contributed by atoms with van der Waals surface area (Å²) in [6.07, 6.45) is 0. The second-order valence-corrected chi connectivity index (χ2v) is 6.03. The summed E-state index contributed by atoms with van der Waals surface area (Å²) in [6.45, 7) is 0.628. The van der Waals surface area contributed by atoms with Crippen LogP contribution in [-0.2, 0) is 10.0 Å². The molecule has 1 aliphatic rings. The van der Waals surface area contributed by atoms with Crippen molar-refractivity contribution in [2.24, 2.45) is 5.92 Å². The highest BCUT2D eigenvalue weighted by atomic mass is 32.2. The van der Waals surface area contributed by atoms with E-state index < -0.39 is 10.0 Å². The quantitative estimate of drug-likeness (QED) is 0.505. The van der Waals surface area contributed by atoms with Crippen LogP contribution in [0.2, 0.25) is 0 Å². The third-order valence-electron chi connectivity index (χ3n) is 2.82. The summed E-state index contributed by atoms with van der Waals surface area (Å²) >= 11 is 0. The third-order valence-corrected chi connectivity index (χ3v) is 4.65. The van der Waals surface area contributed by atoms with Gasteiger partial charge in [0.05, 0.1) is 10.6 Å². The van der Waals surface area contributed by atoms with E-state index in [0.29, 0.717) is 13.1 Å². The number of hydrogen-bond acceptors (Lipinski definition) is 5. The van der Waals surface area contributed by atoms with Gasteiger partial charge in [-0.15, -0.1) is 0 Å². The van der Waals surface area contributed by atoms with E-state index in [0.717, 1.165) is 0 Å². The van der Waals surface area contributed by atoms with Crippen molar-refractivity contribution in [3.63, 3.8) is 0 Å². The van der Waals surface area contributed by atoms with Gasteiger partial charge in [-0.25, -0.2) is 8.42 Å². The van der Waals surface area contributed by atoms with E-state index in [1.807, 2.05) is 0 Å². The molecule has 1 aliphatic heterocycles. The van der Waals surface area contributed by atoms with E-state index in [2.05, 4.69) is 0 Å². The number of phenols is 1. The van der Waals surface area contributed by atoms with Gasteiger partial charge in [0.25, 0.3) is 0 Å². The first-order chi connectivity index (χ1) is 7.95. The van der Waals surface area contributed by atoms with Crippen LogP contribution in [0.5, 0.6) is 5.75 Å². The van der Waals surface area contributed by atoms with Crippen molar-refractivity contribution >= 4 is 15.7 Å². The monoisotopic (exact) mass is 258 g/mol. The van der Waals surface area contributed by atoms with Gasteiger partial charge < -0.3 is 15.9 Å². The Kier molecular flexibility index (Phi) is 2.98. The Balaban J connectivity index is 2.24. The van der Waals surface area contributed by atoms with Crippen molar-refractivity contribution in [1.29, 1.82) is 0 Å². The van der Waals surface area contributed by atoms with Gasteiger partial charge >= 0.3 is 0 Å². The van der Waals surface area contributed by atoms with E-state index in [1.54, 1.807) is 0 Å². The Labute approximate surface area is 99.3 Å². The maximum Gasteiger partial charge on any atom is 0.243 e. The number of nitrogens with zero attached hydrogens (tertiary/aromatic N) is 1. The van der Waals surface area contributed by atoms with Crippen LogP contribution in [0.15, 0.2) is 23.1 Å². The average molecular weight is 258 g/mol. The predicted octanol–water partition coefficient (Wildman–Crippen LogP) is -0.413. The first-order valence-corrected chi connectivity index (χ1v) is 6.58. The molecule has 0 aromatic heterocycles. The second kappa shape index (κ2) is 4.17. The van der Waals surface area contributed by atoms with Crippen molar-refractivity contribution < 1.29 is 18.6 Å². The number of rotatable bonds is 3. The van der Waals surface area contributed by atoms with E-state index in [-0.39, 0.29) is 28.9 Å². The Morgan fingerprint density at radius 1 is 1.41 bits per heavy atom. The van der Waals surface area contributed by atoms with Gasteiger partial charge in [0.1, 0.15) is 5.75 Å². The summed E-state index contributed by atoms with van der Waals surface area (Å²) in [5, 5.41) is 18.1. The molecule has 0 radical (unpaired) electrons.